The van der Waals surface area contributed by atoms with Gasteiger partial charge in [-0.15, -0.1) is 0 Å². The number of hydrogen-bond donors (Lipinski definition) is 1. The first-order chi connectivity index (χ1) is 20.1. The lowest BCUT2D eigenvalue weighted by atomic mass is 10.0. The van der Waals surface area contributed by atoms with Crippen LogP contribution in [-0.4, -0.2) is 25.4 Å². The monoisotopic (exact) mass is 535 g/mol. The van der Waals surface area contributed by atoms with Crippen molar-refractivity contribution in [3.05, 3.63) is 155 Å². The number of nitrogens with one attached hydrogen (secondary N) is 1. The number of pyridine rings is 2. The van der Waals surface area contributed by atoms with Crippen LogP contribution in [-0.2, 0) is 11.2 Å². The third-order valence-corrected chi connectivity index (χ3v) is 6.57. The van der Waals surface area contributed by atoms with Crippen LogP contribution in [0.4, 0.5) is 5.69 Å². The van der Waals surface area contributed by atoms with E-state index in [-0.39, 0.29) is 11.5 Å². The molecule has 0 aliphatic rings. The summed E-state index contributed by atoms with van der Waals surface area (Å²) >= 11 is 0. The molecule has 7 heteroatoms. The van der Waals surface area contributed by atoms with Crippen LogP contribution in [0.15, 0.2) is 133 Å². The maximum Gasteiger partial charge on any atom is 0.278 e. The zero-order valence-corrected chi connectivity index (χ0v) is 22.0. The minimum absolute atomic E-state index is 0.221. The Morgan fingerprint density at radius 3 is 2.46 bits per heavy atom. The number of carbonyl (C=O) groups is 1. The molecule has 198 valence electrons. The Labute approximate surface area is 236 Å². The topological polar surface area (TPSA) is 89.8 Å². The summed E-state index contributed by atoms with van der Waals surface area (Å²) in [6.07, 6.45) is 8.74. The number of rotatable bonds is 7. The molecule has 0 radical (unpaired) electrons. The summed E-state index contributed by atoms with van der Waals surface area (Å²) in [5.41, 5.74) is 6.27. The molecule has 0 aliphatic carbocycles. The molecule has 1 amide bonds. The third kappa shape index (κ3) is 5.84. The SMILES string of the molecule is O=C(C=Cc1ccccc1)Nc1cccc(-c2cccc(-n3c(=O)c(Cc4cccnc4)nc4cccnc43)c2)c1. The molecule has 1 N–H and O–H groups in total. The molecule has 7 nitrogen and oxygen atoms in total. The van der Waals surface area contributed by atoms with Crippen LogP contribution in [0.3, 0.4) is 0 Å². The quantitative estimate of drug-likeness (QED) is 0.250. The molecule has 3 heterocycles. The van der Waals surface area contributed by atoms with E-state index in [1.54, 1.807) is 29.2 Å². The Hall–Kier alpha value is -5.69. The van der Waals surface area contributed by atoms with Crippen molar-refractivity contribution in [2.45, 2.75) is 6.42 Å². The van der Waals surface area contributed by atoms with Crippen molar-refractivity contribution in [2.75, 3.05) is 5.32 Å². The zero-order chi connectivity index (χ0) is 28.0. The van der Waals surface area contributed by atoms with Gasteiger partial charge in [0, 0.05) is 36.8 Å². The predicted molar refractivity (Wildman–Crippen MR) is 162 cm³/mol. The van der Waals surface area contributed by atoms with Gasteiger partial charge in [0.1, 0.15) is 11.2 Å². The molecule has 0 bridgehead atoms. The Kier molecular flexibility index (Phi) is 7.23. The van der Waals surface area contributed by atoms with E-state index in [4.69, 9.17) is 0 Å². The molecule has 3 aromatic carbocycles. The maximum atomic E-state index is 13.8. The molecule has 0 spiro atoms. The average molecular weight is 536 g/mol. The van der Waals surface area contributed by atoms with Gasteiger partial charge >= 0.3 is 0 Å². The molecule has 0 fully saturated rings. The molecular formula is C34H25N5O2. The first kappa shape index (κ1) is 25.6. The Morgan fingerprint density at radius 2 is 1.63 bits per heavy atom. The summed E-state index contributed by atoms with van der Waals surface area (Å²) in [5.74, 6) is -0.221. The van der Waals surface area contributed by atoms with Crippen LogP contribution in [0.5, 0.6) is 0 Å². The number of aromatic nitrogens is 4. The van der Waals surface area contributed by atoms with Gasteiger partial charge in [0.05, 0.1) is 5.69 Å². The first-order valence-electron chi connectivity index (χ1n) is 13.1. The molecule has 6 aromatic rings. The summed E-state index contributed by atoms with van der Waals surface area (Å²) < 4.78 is 1.61. The summed E-state index contributed by atoms with van der Waals surface area (Å²) in [6.45, 7) is 0. The fraction of sp³-hybridized carbons (Fsp3) is 0.0294. The molecule has 0 unspecified atom stereocenters. The molecule has 0 saturated heterocycles. The molecule has 0 saturated carbocycles. The van der Waals surface area contributed by atoms with Crippen LogP contribution >= 0.6 is 0 Å². The molecule has 0 atom stereocenters. The lowest BCUT2D eigenvalue weighted by Crippen LogP contribution is -2.25. The van der Waals surface area contributed by atoms with Gasteiger partial charge in [0.2, 0.25) is 5.91 Å². The number of amides is 1. The average Bonchev–Trinajstić information content (AvgIpc) is 3.02. The maximum absolute atomic E-state index is 13.8. The van der Waals surface area contributed by atoms with Crippen LogP contribution in [0, 0.1) is 0 Å². The number of hydrogen-bond acceptors (Lipinski definition) is 5. The van der Waals surface area contributed by atoms with Crippen molar-refractivity contribution in [1.29, 1.82) is 0 Å². The highest BCUT2D eigenvalue weighted by Gasteiger charge is 2.15. The van der Waals surface area contributed by atoms with Gasteiger partial charge in [0.25, 0.3) is 5.56 Å². The highest BCUT2D eigenvalue weighted by atomic mass is 16.1. The summed E-state index contributed by atoms with van der Waals surface area (Å²) in [5, 5.41) is 2.93. The zero-order valence-electron chi connectivity index (χ0n) is 22.0. The second-order valence-electron chi connectivity index (χ2n) is 9.45. The Morgan fingerprint density at radius 1 is 0.829 bits per heavy atom. The van der Waals surface area contributed by atoms with E-state index >= 15 is 0 Å². The Bertz CT molecular complexity index is 1930. The molecular weight excluding hydrogens is 510 g/mol. The van der Waals surface area contributed by atoms with Gasteiger partial charge in [-0.05, 0) is 70.8 Å². The first-order valence-corrected chi connectivity index (χ1v) is 13.1. The summed E-state index contributed by atoms with van der Waals surface area (Å²) in [4.78, 5) is 39.6. The van der Waals surface area contributed by atoms with E-state index in [0.29, 0.717) is 34.7 Å². The van der Waals surface area contributed by atoms with Crippen molar-refractivity contribution in [3.63, 3.8) is 0 Å². The van der Waals surface area contributed by atoms with Crippen molar-refractivity contribution in [2.24, 2.45) is 0 Å². The van der Waals surface area contributed by atoms with Crippen molar-refractivity contribution < 1.29 is 4.79 Å². The lowest BCUT2D eigenvalue weighted by molar-refractivity contribution is -0.111. The van der Waals surface area contributed by atoms with Crippen molar-refractivity contribution >= 4 is 28.8 Å². The van der Waals surface area contributed by atoms with E-state index in [9.17, 15) is 9.59 Å². The lowest BCUT2D eigenvalue weighted by Gasteiger charge is -2.13. The molecule has 41 heavy (non-hydrogen) atoms. The number of fused-ring (bicyclic) bond motifs is 1. The largest absolute Gasteiger partial charge is 0.322 e. The van der Waals surface area contributed by atoms with E-state index in [0.717, 1.165) is 22.3 Å². The highest BCUT2D eigenvalue weighted by Crippen LogP contribution is 2.26. The van der Waals surface area contributed by atoms with Gasteiger partial charge in [-0.1, -0.05) is 60.7 Å². The van der Waals surface area contributed by atoms with E-state index in [1.165, 1.54) is 6.08 Å². The number of nitrogens with zero attached hydrogens (tertiary/aromatic N) is 4. The minimum Gasteiger partial charge on any atom is -0.322 e. The second kappa shape index (κ2) is 11.6. The van der Waals surface area contributed by atoms with E-state index in [1.807, 2.05) is 103 Å². The number of benzene rings is 3. The fourth-order valence-electron chi connectivity index (χ4n) is 4.64. The summed E-state index contributed by atoms with van der Waals surface area (Å²) in [6, 6.07) is 32.4. The Balaban J connectivity index is 1.33. The predicted octanol–water partition coefficient (Wildman–Crippen LogP) is 6.09. The summed E-state index contributed by atoms with van der Waals surface area (Å²) in [7, 11) is 0. The van der Waals surface area contributed by atoms with Crippen LogP contribution in [0.2, 0.25) is 0 Å². The smallest absolute Gasteiger partial charge is 0.278 e. The van der Waals surface area contributed by atoms with Crippen molar-refractivity contribution in [3.8, 4) is 16.8 Å². The van der Waals surface area contributed by atoms with Gasteiger partial charge in [-0.25, -0.2) is 9.97 Å². The van der Waals surface area contributed by atoms with E-state index < -0.39 is 0 Å². The van der Waals surface area contributed by atoms with Crippen molar-refractivity contribution in [1.82, 2.24) is 19.5 Å². The fourth-order valence-corrected chi connectivity index (χ4v) is 4.64. The second-order valence-corrected chi connectivity index (χ2v) is 9.45. The minimum atomic E-state index is -0.233. The van der Waals surface area contributed by atoms with Gasteiger partial charge in [0.15, 0.2) is 5.65 Å². The number of anilines is 1. The van der Waals surface area contributed by atoms with Crippen LogP contribution in [0.25, 0.3) is 34.1 Å². The van der Waals surface area contributed by atoms with Crippen LogP contribution < -0.4 is 10.9 Å². The number of carbonyl (C=O) groups excluding carboxylic acids is 1. The van der Waals surface area contributed by atoms with Gasteiger partial charge in [-0.3, -0.25) is 19.1 Å². The van der Waals surface area contributed by atoms with Gasteiger partial charge < -0.3 is 5.32 Å². The molecule has 0 aliphatic heterocycles. The van der Waals surface area contributed by atoms with Crippen LogP contribution in [0.1, 0.15) is 16.8 Å². The van der Waals surface area contributed by atoms with E-state index in [2.05, 4.69) is 20.3 Å². The third-order valence-electron chi connectivity index (χ3n) is 6.57. The highest BCUT2D eigenvalue weighted by molar-refractivity contribution is 6.02. The molecule has 3 aromatic heterocycles. The molecule has 6 rings (SSSR count). The standard InChI is InChI=1S/C34H25N5O2/c40-32(17-16-24-8-2-1-3-9-24)37-28-13-4-11-26(21-28)27-12-5-14-29(22-27)39-33-30(15-7-19-36-33)38-31(34(39)41)20-25-10-6-18-35-23-25/h1-19,21-23H,20H2,(H,37,40). The van der Waals surface area contributed by atoms with Gasteiger partial charge in [-0.2, -0.15) is 0 Å². The normalized spacial score (nSPS) is 11.1.